The van der Waals surface area contributed by atoms with Crippen LogP contribution in [0.2, 0.25) is 0 Å². The number of nitrogens with zero attached hydrogens (tertiary/aromatic N) is 2. The van der Waals surface area contributed by atoms with Crippen LogP contribution in [0.4, 0.5) is 4.39 Å². The molecule has 1 saturated carbocycles. The molecule has 2 aliphatic rings. The highest BCUT2D eigenvalue weighted by Crippen LogP contribution is 2.43. The highest BCUT2D eigenvalue weighted by atomic mass is 35.5. The smallest absolute Gasteiger partial charge is 0.123 e. The Kier molecular flexibility index (Phi) is 9.78. The fourth-order valence-electron chi connectivity index (χ4n) is 4.99. The third kappa shape index (κ3) is 6.21. The minimum absolute atomic E-state index is 0. The van der Waals surface area contributed by atoms with E-state index in [4.69, 9.17) is 0 Å². The van der Waals surface area contributed by atoms with Gasteiger partial charge in [-0.2, -0.15) is 0 Å². The number of piperazine rings is 1. The molecule has 6 heteroatoms. The number of hydrogen-bond donors (Lipinski definition) is 1. The molecule has 3 nitrogen and oxygen atoms in total. The van der Waals surface area contributed by atoms with Crippen LogP contribution in [-0.4, -0.2) is 54.7 Å². The molecule has 1 aliphatic heterocycles. The van der Waals surface area contributed by atoms with E-state index in [0.717, 1.165) is 75.1 Å². The van der Waals surface area contributed by atoms with Crippen LogP contribution in [0.15, 0.2) is 48.5 Å². The lowest BCUT2D eigenvalue weighted by Crippen LogP contribution is -2.46. The summed E-state index contributed by atoms with van der Waals surface area (Å²) in [6.07, 6.45) is 5.30. The zero-order chi connectivity index (χ0) is 20.3. The zero-order valence-electron chi connectivity index (χ0n) is 18.3. The number of likely N-dealkylation sites (N-methyl/N-ethyl adjacent to an activating group) is 1. The van der Waals surface area contributed by atoms with Crippen molar-refractivity contribution in [3.63, 3.8) is 0 Å². The van der Waals surface area contributed by atoms with Gasteiger partial charge in [0.1, 0.15) is 5.82 Å². The van der Waals surface area contributed by atoms with E-state index in [2.05, 4.69) is 41.1 Å². The first kappa shape index (κ1) is 26.1. The summed E-state index contributed by atoms with van der Waals surface area (Å²) in [6, 6.07) is 14.9. The quantitative estimate of drug-likeness (QED) is 0.640. The van der Waals surface area contributed by atoms with Gasteiger partial charge < -0.3 is 14.9 Å². The first-order valence-electron chi connectivity index (χ1n) is 11.0. The van der Waals surface area contributed by atoms with Crippen molar-refractivity contribution in [2.75, 3.05) is 39.8 Å². The second-order valence-corrected chi connectivity index (χ2v) is 8.88. The highest BCUT2D eigenvalue weighted by molar-refractivity contribution is 5.85. The Morgan fingerprint density at radius 1 is 0.903 bits per heavy atom. The van der Waals surface area contributed by atoms with Gasteiger partial charge >= 0.3 is 0 Å². The molecule has 2 fully saturated rings. The zero-order valence-corrected chi connectivity index (χ0v) is 19.9. The van der Waals surface area contributed by atoms with Gasteiger partial charge in [-0.25, -0.2) is 4.39 Å². The van der Waals surface area contributed by atoms with Gasteiger partial charge in [0.05, 0.1) is 5.60 Å². The maximum absolute atomic E-state index is 13.2. The summed E-state index contributed by atoms with van der Waals surface area (Å²) >= 11 is 0. The number of halogens is 3. The molecule has 31 heavy (non-hydrogen) atoms. The molecule has 1 saturated heterocycles. The van der Waals surface area contributed by atoms with Crippen molar-refractivity contribution in [1.29, 1.82) is 0 Å². The Morgan fingerprint density at radius 3 is 2.10 bits per heavy atom. The second kappa shape index (κ2) is 11.6. The van der Waals surface area contributed by atoms with Crippen molar-refractivity contribution in [3.8, 4) is 11.1 Å². The van der Waals surface area contributed by atoms with Crippen molar-refractivity contribution < 1.29 is 9.50 Å². The molecule has 172 valence electrons. The van der Waals surface area contributed by atoms with Gasteiger partial charge in [0.25, 0.3) is 0 Å². The van der Waals surface area contributed by atoms with E-state index in [-0.39, 0.29) is 30.6 Å². The molecule has 0 amide bonds. The van der Waals surface area contributed by atoms with E-state index >= 15 is 0 Å². The minimum Gasteiger partial charge on any atom is -0.385 e. The monoisotopic (exact) mass is 468 g/mol. The summed E-state index contributed by atoms with van der Waals surface area (Å²) in [5.74, 6) is 0.0951. The Balaban J connectivity index is 0.00000171. The molecule has 1 heterocycles. The number of rotatable bonds is 5. The molecule has 0 spiro atoms. The summed E-state index contributed by atoms with van der Waals surface area (Å²) in [7, 11) is 2.19. The first-order valence-corrected chi connectivity index (χ1v) is 11.0. The maximum Gasteiger partial charge on any atom is 0.123 e. The molecule has 0 aromatic heterocycles. The molecular formula is C25H35Cl2FN2O. The third-order valence-corrected chi connectivity index (χ3v) is 6.99. The normalized spacial score (nSPS) is 24.8. The van der Waals surface area contributed by atoms with Gasteiger partial charge in [-0.15, -0.1) is 24.8 Å². The molecule has 1 aliphatic carbocycles. The Hall–Kier alpha value is -1.17. The van der Waals surface area contributed by atoms with Crippen molar-refractivity contribution in [2.45, 2.75) is 37.7 Å². The Morgan fingerprint density at radius 2 is 1.48 bits per heavy atom. The van der Waals surface area contributed by atoms with Crippen LogP contribution < -0.4 is 0 Å². The fraction of sp³-hybridized carbons (Fsp3) is 0.520. The molecule has 4 rings (SSSR count). The van der Waals surface area contributed by atoms with Gasteiger partial charge in [-0.05, 0) is 67.6 Å². The van der Waals surface area contributed by atoms with Crippen molar-refractivity contribution in [1.82, 2.24) is 9.80 Å². The molecule has 1 N–H and O–H groups in total. The van der Waals surface area contributed by atoms with Crippen molar-refractivity contribution in [3.05, 3.63) is 59.9 Å². The van der Waals surface area contributed by atoms with Gasteiger partial charge in [0, 0.05) is 26.2 Å². The molecule has 0 radical (unpaired) electrons. The van der Waals surface area contributed by atoms with Crippen LogP contribution in [0, 0.1) is 11.7 Å². The molecule has 2 atom stereocenters. The molecule has 2 aromatic rings. The van der Waals surface area contributed by atoms with Crippen LogP contribution in [0.1, 0.15) is 37.7 Å². The van der Waals surface area contributed by atoms with E-state index < -0.39 is 5.60 Å². The van der Waals surface area contributed by atoms with Crippen LogP contribution in [0.25, 0.3) is 11.1 Å². The van der Waals surface area contributed by atoms with Gasteiger partial charge in [-0.3, -0.25) is 0 Å². The van der Waals surface area contributed by atoms with E-state index in [1.54, 1.807) is 12.1 Å². The molecule has 2 unspecified atom stereocenters. The molecule has 2 aromatic carbocycles. The average Bonchev–Trinajstić information content (AvgIpc) is 2.75. The third-order valence-electron chi connectivity index (χ3n) is 6.99. The standard InChI is InChI=1S/C25H33FN2O.2ClH/c1-27-16-18-28(19-17-27)15-13-22-4-2-3-14-25(22,29)23-9-5-20(6-10-23)21-7-11-24(26)12-8-21;;/h5-12,22,29H,2-4,13-19H2,1H3;2*1H. The summed E-state index contributed by atoms with van der Waals surface area (Å²) in [5, 5.41) is 11.7. The number of aliphatic hydroxyl groups is 1. The minimum atomic E-state index is -0.730. The van der Waals surface area contributed by atoms with Crippen molar-refractivity contribution in [2.24, 2.45) is 5.92 Å². The largest absolute Gasteiger partial charge is 0.385 e. The average molecular weight is 469 g/mol. The second-order valence-electron chi connectivity index (χ2n) is 8.88. The first-order chi connectivity index (χ1) is 14.0. The maximum atomic E-state index is 13.2. The lowest BCUT2D eigenvalue weighted by atomic mass is 9.70. The predicted octanol–water partition coefficient (Wildman–Crippen LogP) is 5.35. The highest BCUT2D eigenvalue weighted by Gasteiger charge is 2.40. The van der Waals surface area contributed by atoms with Crippen molar-refractivity contribution >= 4 is 24.8 Å². The van der Waals surface area contributed by atoms with E-state index in [0.29, 0.717) is 5.92 Å². The van der Waals surface area contributed by atoms with Crippen LogP contribution in [-0.2, 0) is 5.60 Å². The topological polar surface area (TPSA) is 26.7 Å². The van der Waals surface area contributed by atoms with Crippen LogP contribution in [0.3, 0.4) is 0 Å². The van der Waals surface area contributed by atoms with E-state index in [9.17, 15) is 9.50 Å². The van der Waals surface area contributed by atoms with Gasteiger partial charge in [-0.1, -0.05) is 49.2 Å². The predicted molar refractivity (Wildman–Crippen MR) is 131 cm³/mol. The lowest BCUT2D eigenvalue weighted by Gasteiger charge is -2.42. The Bertz CT molecular complexity index is 794. The summed E-state index contributed by atoms with van der Waals surface area (Å²) in [6.45, 7) is 5.62. The van der Waals surface area contributed by atoms with Gasteiger partial charge in [0.15, 0.2) is 0 Å². The summed E-state index contributed by atoms with van der Waals surface area (Å²) in [5.41, 5.74) is 2.36. The van der Waals surface area contributed by atoms with Gasteiger partial charge in [0.2, 0.25) is 0 Å². The van der Waals surface area contributed by atoms with Crippen LogP contribution in [0.5, 0.6) is 0 Å². The van der Waals surface area contributed by atoms with E-state index in [1.165, 1.54) is 18.6 Å². The lowest BCUT2D eigenvalue weighted by molar-refractivity contribution is -0.0608. The van der Waals surface area contributed by atoms with Crippen LogP contribution >= 0.6 is 24.8 Å². The SMILES string of the molecule is CN1CCN(CCC2CCCCC2(O)c2ccc(-c3ccc(F)cc3)cc2)CC1.Cl.Cl. The molecular weight excluding hydrogens is 434 g/mol. The van der Waals surface area contributed by atoms with E-state index in [1.807, 2.05) is 0 Å². The number of hydrogen-bond acceptors (Lipinski definition) is 3. The Labute approximate surface area is 198 Å². The summed E-state index contributed by atoms with van der Waals surface area (Å²) in [4.78, 5) is 4.93. The molecule has 0 bridgehead atoms. The fourth-order valence-corrected chi connectivity index (χ4v) is 4.99. The number of benzene rings is 2. The summed E-state index contributed by atoms with van der Waals surface area (Å²) < 4.78 is 13.2.